The fourth-order valence-corrected chi connectivity index (χ4v) is 3.33. The van der Waals surface area contributed by atoms with Crippen LogP contribution in [0.25, 0.3) is 33.4 Å². The molecule has 0 aliphatic carbocycles. The van der Waals surface area contributed by atoms with Crippen molar-refractivity contribution in [2.24, 2.45) is 0 Å². The van der Waals surface area contributed by atoms with E-state index in [1.165, 1.54) is 6.07 Å². The van der Waals surface area contributed by atoms with Crippen molar-refractivity contribution in [2.45, 2.75) is 6.92 Å². The second kappa shape index (κ2) is 7.59. The predicted molar refractivity (Wildman–Crippen MR) is 110 cm³/mol. The molecule has 0 spiro atoms. The van der Waals surface area contributed by atoms with Crippen LogP contribution in [0.1, 0.15) is 17.3 Å². The number of furan rings is 1. The Bertz CT molecular complexity index is 1210. The molecule has 0 saturated carbocycles. The number of esters is 1. The summed E-state index contributed by atoms with van der Waals surface area (Å²) in [5.74, 6) is -0.145. The van der Waals surface area contributed by atoms with Crippen molar-refractivity contribution in [1.29, 1.82) is 0 Å². The van der Waals surface area contributed by atoms with Gasteiger partial charge in [0.1, 0.15) is 11.3 Å². The molecule has 0 aliphatic heterocycles. The van der Waals surface area contributed by atoms with E-state index in [4.69, 9.17) is 9.15 Å². The van der Waals surface area contributed by atoms with E-state index in [-0.39, 0.29) is 12.3 Å². The number of hydrogen-bond acceptors (Lipinski definition) is 5. The number of ether oxygens (including phenoxy) is 1. The van der Waals surface area contributed by atoms with Crippen molar-refractivity contribution < 1.29 is 18.9 Å². The molecule has 0 fully saturated rings. The summed E-state index contributed by atoms with van der Waals surface area (Å²) in [6.45, 7) is 1.98. The van der Waals surface area contributed by atoms with Crippen LogP contribution in [0.3, 0.4) is 0 Å². The number of fused-ring (bicyclic) bond motifs is 1. The Morgan fingerprint density at radius 2 is 1.72 bits per heavy atom. The third-order valence-corrected chi connectivity index (χ3v) is 4.63. The van der Waals surface area contributed by atoms with E-state index >= 15 is 0 Å². The quantitative estimate of drug-likeness (QED) is 0.244. The van der Waals surface area contributed by atoms with Crippen LogP contribution < -0.4 is 0 Å². The van der Waals surface area contributed by atoms with E-state index in [1.54, 1.807) is 43.3 Å². The van der Waals surface area contributed by atoms with Gasteiger partial charge in [-0.05, 0) is 36.8 Å². The molecule has 6 nitrogen and oxygen atoms in total. The zero-order valence-corrected chi connectivity index (χ0v) is 15.6. The van der Waals surface area contributed by atoms with E-state index < -0.39 is 10.9 Å². The normalized spacial score (nSPS) is 10.8. The average molecular weight is 387 g/mol. The Morgan fingerprint density at radius 1 is 1.00 bits per heavy atom. The second-order valence-corrected chi connectivity index (χ2v) is 6.37. The maximum Gasteiger partial charge on any atom is 0.338 e. The Hall–Kier alpha value is -3.93. The summed E-state index contributed by atoms with van der Waals surface area (Å²) < 4.78 is 11.3. The molecule has 3 aromatic carbocycles. The van der Waals surface area contributed by atoms with Crippen LogP contribution in [-0.2, 0) is 4.74 Å². The van der Waals surface area contributed by atoms with Crippen LogP contribution in [0.5, 0.6) is 0 Å². The number of benzene rings is 3. The van der Waals surface area contributed by atoms with Crippen LogP contribution >= 0.6 is 0 Å². The summed E-state index contributed by atoms with van der Waals surface area (Å²) in [6.07, 6.45) is 0. The SMILES string of the molecule is CCOC(=O)c1ccc(-c2ccccc2)c2oc(-c3ccccc3[N+](=O)[O-])cc12. The summed E-state index contributed by atoms with van der Waals surface area (Å²) in [4.78, 5) is 23.5. The predicted octanol–water partition coefficient (Wildman–Crippen LogP) is 5.85. The van der Waals surface area contributed by atoms with Gasteiger partial charge in [0.2, 0.25) is 0 Å². The number of carbonyl (C=O) groups is 1. The maximum absolute atomic E-state index is 12.5. The Labute approximate surface area is 166 Å². The minimum atomic E-state index is -0.466. The van der Waals surface area contributed by atoms with E-state index in [2.05, 4.69) is 0 Å². The van der Waals surface area contributed by atoms with E-state index in [0.29, 0.717) is 27.9 Å². The van der Waals surface area contributed by atoms with Gasteiger partial charge in [0.25, 0.3) is 5.69 Å². The van der Waals surface area contributed by atoms with E-state index in [1.807, 2.05) is 30.3 Å². The first-order valence-corrected chi connectivity index (χ1v) is 9.13. The number of nitro benzene ring substituents is 1. The number of rotatable bonds is 5. The molecule has 0 radical (unpaired) electrons. The van der Waals surface area contributed by atoms with Gasteiger partial charge in [-0.15, -0.1) is 0 Å². The highest BCUT2D eigenvalue weighted by Crippen LogP contribution is 2.39. The lowest BCUT2D eigenvalue weighted by atomic mass is 10.00. The molecule has 0 N–H and O–H groups in total. The van der Waals surface area contributed by atoms with Gasteiger partial charge in [-0.3, -0.25) is 10.1 Å². The zero-order valence-electron chi connectivity index (χ0n) is 15.6. The number of hydrogen-bond donors (Lipinski definition) is 0. The minimum Gasteiger partial charge on any atom is -0.462 e. The van der Waals surface area contributed by atoms with Gasteiger partial charge in [-0.2, -0.15) is 0 Å². The molecule has 0 bridgehead atoms. The topological polar surface area (TPSA) is 82.6 Å². The average Bonchev–Trinajstić information content (AvgIpc) is 3.19. The monoisotopic (exact) mass is 387 g/mol. The maximum atomic E-state index is 12.5. The number of nitro groups is 1. The molecule has 4 aromatic rings. The molecular weight excluding hydrogens is 370 g/mol. The first-order valence-electron chi connectivity index (χ1n) is 9.13. The van der Waals surface area contributed by atoms with Crippen molar-refractivity contribution in [3.05, 3.63) is 88.5 Å². The Balaban J connectivity index is 1.99. The summed E-state index contributed by atoms with van der Waals surface area (Å²) in [5.41, 5.74) is 2.83. The van der Waals surface area contributed by atoms with Crippen LogP contribution in [-0.4, -0.2) is 17.5 Å². The third kappa shape index (κ3) is 3.36. The fourth-order valence-electron chi connectivity index (χ4n) is 3.33. The summed E-state index contributed by atoms with van der Waals surface area (Å²) in [6, 6.07) is 21.1. The molecule has 1 aromatic heterocycles. The van der Waals surface area contributed by atoms with Crippen molar-refractivity contribution in [3.8, 4) is 22.5 Å². The molecule has 6 heteroatoms. The molecule has 0 amide bonds. The number of para-hydroxylation sites is 1. The largest absolute Gasteiger partial charge is 0.462 e. The van der Waals surface area contributed by atoms with Crippen LogP contribution in [0.4, 0.5) is 5.69 Å². The molecule has 0 saturated heterocycles. The molecule has 0 unspecified atom stereocenters. The van der Waals surface area contributed by atoms with Gasteiger partial charge in [0, 0.05) is 17.0 Å². The summed E-state index contributed by atoms with van der Waals surface area (Å²) in [5, 5.41) is 12.0. The Kier molecular flexibility index (Phi) is 4.83. The number of carbonyl (C=O) groups excluding carboxylic acids is 1. The molecular formula is C23H17NO5. The first kappa shape index (κ1) is 18.4. The second-order valence-electron chi connectivity index (χ2n) is 6.37. The van der Waals surface area contributed by atoms with Gasteiger partial charge >= 0.3 is 5.97 Å². The van der Waals surface area contributed by atoms with Crippen LogP contribution in [0.2, 0.25) is 0 Å². The van der Waals surface area contributed by atoms with Gasteiger partial charge in [0.15, 0.2) is 0 Å². The standard InChI is InChI=1S/C23H17NO5/c1-2-28-23(25)17-13-12-16(15-8-4-3-5-9-15)22-19(17)14-21(29-22)18-10-6-7-11-20(18)24(26)27/h3-14H,2H2,1H3. The highest BCUT2D eigenvalue weighted by molar-refractivity contribution is 6.08. The highest BCUT2D eigenvalue weighted by Gasteiger charge is 2.22. The Morgan fingerprint density at radius 3 is 2.45 bits per heavy atom. The molecule has 4 rings (SSSR count). The molecule has 0 aliphatic rings. The van der Waals surface area contributed by atoms with Gasteiger partial charge in [-0.25, -0.2) is 4.79 Å². The third-order valence-electron chi connectivity index (χ3n) is 4.63. The lowest BCUT2D eigenvalue weighted by Crippen LogP contribution is -2.04. The molecule has 144 valence electrons. The van der Waals surface area contributed by atoms with Crippen molar-refractivity contribution in [3.63, 3.8) is 0 Å². The lowest BCUT2D eigenvalue weighted by molar-refractivity contribution is -0.384. The van der Waals surface area contributed by atoms with E-state index in [9.17, 15) is 14.9 Å². The summed E-state index contributed by atoms with van der Waals surface area (Å²) in [7, 11) is 0. The van der Waals surface area contributed by atoms with Crippen molar-refractivity contribution >= 4 is 22.6 Å². The lowest BCUT2D eigenvalue weighted by Gasteiger charge is -2.07. The van der Waals surface area contributed by atoms with Crippen molar-refractivity contribution in [2.75, 3.05) is 6.61 Å². The molecule has 29 heavy (non-hydrogen) atoms. The number of nitrogens with zero attached hydrogens (tertiary/aromatic N) is 1. The van der Waals surface area contributed by atoms with Gasteiger partial charge < -0.3 is 9.15 Å². The van der Waals surface area contributed by atoms with Crippen LogP contribution in [0, 0.1) is 10.1 Å². The highest BCUT2D eigenvalue weighted by atomic mass is 16.6. The molecule has 1 heterocycles. The molecule has 0 atom stereocenters. The smallest absolute Gasteiger partial charge is 0.338 e. The van der Waals surface area contributed by atoms with E-state index in [0.717, 1.165) is 11.1 Å². The minimum absolute atomic E-state index is 0.0644. The van der Waals surface area contributed by atoms with Crippen molar-refractivity contribution in [1.82, 2.24) is 0 Å². The van der Waals surface area contributed by atoms with Crippen LogP contribution in [0.15, 0.2) is 77.2 Å². The van der Waals surface area contributed by atoms with Gasteiger partial charge in [0.05, 0.1) is 22.7 Å². The van der Waals surface area contributed by atoms with Gasteiger partial charge in [-0.1, -0.05) is 42.5 Å². The first-order chi connectivity index (χ1) is 14.1. The summed E-state index contributed by atoms with van der Waals surface area (Å²) >= 11 is 0. The zero-order chi connectivity index (χ0) is 20.4. The fraction of sp³-hybridized carbons (Fsp3) is 0.0870.